The monoisotopic (exact) mass is 273 g/mol. The van der Waals surface area contributed by atoms with Gasteiger partial charge in [0.05, 0.1) is 19.3 Å². The highest BCUT2D eigenvalue weighted by molar-refractivity contribution is 4.99. The van der Waals surface area contributed by atoms with Crippen molar-refractivity contribution in [3.05, 3.63) is 0 Å². The summed E-state index contributed by atoms with van der Waals surface area (Å²) in [6.07, 6.45) is 4.60. The van der Waals surface area contributed by atoms with Crippen LogP contribution in [0.15, 0.2) is 0 Å². The summed E-state index contributed by atoms with van der Waals surface area (Å²) in [5.41, 5.74) is -0.0952. The second-order valence-corrected chi connectivity index (χ2v) is 6.13. The van der Waals surface area contributed by atoms with Crippen LogP contribution < -0.4 is 5.32 Å². The fourth-order valence-corrected chi connectivity index (χ4v) is 3.28. The van der Waals surface area contributed by atoms with Crippen LogP contribution in [0.3, 0.4) is 0 Å². The highest BCUT2D eigenvalue weighted by Gasteiger charge is 2.42. The van der Waals surface area contributed by atoms with E-state index in [9.17, 15) is 5.11 Å². The van der Waals surface area contributed by atoms with E-state index in [1.165, 1.54) is 12.8 Å². The molecule has 114 valence electrons. The van der Waals surface area contributed by atoms with E-state index in [1.807, 2.05) is 6.92 Å². The van der Waals surface area contributed by atoms with Crippen LogP contribution in [-0.4, -0.2) is 49.7 Å². The molecule has 0 aliphatic heterocycles. The fraction of sp³-hybridized carbons (Fsp3) is 1.00. The minimum atomic E-state index is -0.0952. The van der Waals surface area contributed by atoms with Gasteiger partial charge in [0.1, 0.15) is 0 Å². The first-order valence-electron chi connectivity index (χ1n) is 7.53. The number of methoxy groups -OCH3 is 1. The van der Waals surface area contributed by atoms with E-state index in [2.05, 4.69) is 19.2 Å². The highest BCUT2D eigenvalue weighted by atomic mass is 16.5. The van der Waals surface area contributed by atoms with Gasteiger partial charge in [-0.15, -0.1) is 0 Å². The largest absolute Gasteiger partial charge is 0.394 e. The van der Waals surface area contributed by atoms with E-state index in [1.54, 1.807) is 7.11 Å². The molecule has 3 atom stereocenters. The Morgan fingerprint density at radius 2 is 2.11 bits per heavy atom. The molecule has 1 fully saturated rings. The molecule has 0 aromatic heterocycles. The van der Waals surface area contributed by atoms with E-state index in [-0.39, 0.29) is 18.2 Å². The second kappa shape index (κ2) is 8.20. The topological polar surface area (TPSA) is 50.7 Å². The number of rotatable bonds is 9. The smallest absolute Gasteiger partial charge is 0.0780 e. The van der Waals surface area contributed by atoms with Crippen LogP contribution in [0.5, 0.6) is 0 Å². The van der Waals surface area contributed by atoms with Crippen molar-refractivity contribution in [1.82, 2.24) is 5.32 Å². The number of hydrogen-bond donors (Lipinski definition) is 2. The number of aliphatic hydroxyl groups excluding tert-OH is 1. The first kappa shape index (κ1) is 16.9. The first-order chi connectivity index (χ1) is 9.04. The highest BCUT2D eigenvalue weighted by Crippen LogP contribution is 2.38. The minimum absolute atomic E-state index is 0.0952. The van der Waals surface area contributed by atoms with Crippen LogP contribution in [0.1, 0.15) is 46.5 Å². The fourth-order valence-electron chi connectivity index (χ4n) is 3.28. The minimum Gasteiger partial charge on any atom is -0.394 e. The van der Waals surface area contributed by atoms with Crippen molar-refractivity contribution < 1.29 is 14.6 Å². The molecule has 1 rings (SSSR count). The number of nitrogens with one attached hydrogen (secondary N) is 1. The van der Waals surface area contributed by atoms with E-state index < -0.39 is 0 Å². The zero-order valence-corrected chi connectivity index (χ0v) is 12.9. The van der Waals surface area contributed by atoms with Crippen molar-refractivity contribution >= 4 is 0 Å². The summed E-state index contributed by atoms with van der Waals surface area (Å²) < 4.78 is 10.8. The zero-order valence-electron chi connectivity index (χ0n) is 12.9. The van der Waals surface area contributed by atoms with Gasteiger partial charge in [0.25, 0.3) is 0 Å². The Morgan fingerprint density at radius 3 is 2.68 bits per heavy atom. The lowest BCUT2D eigenvalue weighted by Gasteiger charge is -2.37. The first-order valence-corrected chi connectivity index (χ1v) is 7.53. The molecule has 1 aliphatic carbocycles. The van der Waals surface area contributed by atoms with Gasteiger partial charge in [0.15, 0.2) is 0 Å². The van der Waals surface area contributed by atoms with Crippen LogP contribution in [0.25, 0.3) is 0 Å². The molecule has 4 heteroatoms. The predicted octanol–water partition coefficient (Wildman–Crippen LogP) is 1.96. The van der Waals surface area contributed by atoms with Crippen molar-refractivity contribution in [1.29, 1.82) is 0 Å². The number of aliphatic hydroxyl groups is 1. The molecule has 1 aliphatic rings. The lowest BCUT2D eigenvalue weighted by atomic mass is 9.85. The van der Waals surface area contributed by atoms with E-state index in [0.29, 0.717) is 18.6 Å². The Kier molecular flexibility index (Phi) is 7.29. The molecule has 0 aromatic carbocycles. The Labute approximate surface area is 117 Å². The average molecular weight is 273 g/mol. The van der Waals surface area contributed by atoms with Crippen LogP contribution in [0.4, 0.5) is 0 Å². The van der Waals surface area contributed by atoms with E-state index in [4.69, 9.17) is 9.47 Å². The third-order valence-electron chi connectivity index (χ3n) is 4.09. The Morgan fingerprint density at radius 1 is 1.37 bits per heavy atom. The molecular weight excluding hydrogens is 242 g/mol. The summed E-state index contributed by atoms with van der Waals surface area (Å²) in [6, 6.07) is 0.404. The lowest BCUT2D eigenvalue weighted by Crippen LogP contribution is -2.54. The molecule has 1 saturated carbocycles. The summed E-state index contributed by atoms with van der Waals surface area (Å²) in [7, 11) is 1.69. The summed E-state index contributed by atoms with van der Waals surface area (Å²) in [6.45, 7) is 7.93. The third kappa shape index (κ3) is 5.03. The van der Waals surface area contributed by atoms with Crippen LogP contribution in [0, 0.1) is 5.92 Å². The van der Waals surface area contributed by atoms with Gasteiger partial charge in [-0.05, 0) is 32.1 Å². The summed E-state index contributed by atoms with van der Waals surface area (Å²) >= 11 is 0. The lowest BCUT2D eigenvalue weighted by molar-refractivity contribution is -0.00292. The van der Waals surface area contributed by atoms with E-state index in [0.717, 1.165) is 19.4 Å². The van der Waals surface area contributed by atoms with Gasteiger partial charge in [-0.1, -0.05) is 20.3 Å². The molecule has 3 unspecified atom stereocenters. The maximum atomic E-state index is 9.81. The normalized spacial score (nSPS) is 29.1. The van der Waals surface area contributed by atoms with Gasteiger partial charge in [-0.25, -0.2) is 0 Å². The molecule has 0 spiro atoms. The molecule has 4 nitrogen and oxygen atoms in total. The Bertz CT molecular complexity index is 248. The molecule has 2 N–H and O–H groups in total. The maximum Gasteiger partial charge on any atom is 0.0780 e. The number of ether oxygens (including phenoxy) is 2. The third-order valence-corrected chi connectivity index (χ3v) is 4.09. The standard InChI is InChI=1S/C15H31NO3/c1-12(2)16-15(11-17)8-5-6-14(15)7-9-19-13(3)10-18-4/h12-14,16-17H,5-11H2,1-4H3. The average Bonchev–Trinajstić information content (AvgIpc) is 2.72. The van der Waals surface area contributed by atoms with Crippen LogP contribution >= 0.6 is 0 Å². The Hall–Kier alpha value is -0.160. The second-order valence-electron chi connectivity index (χ2n) is 6.13. The molecule has 0 heterocycles. The Balaban J connectivity index is 2.42. The van der Waals surface area contributed by atoms with Gasteiger partial charge >= 0.3 is 0 Å². The van der Waals surface area contributed by atoms with Crippen molar-refractivity contribution in [2.45, 2.75) is 64.1 Å². The molecule has 0 bridgehead atoms. The van der Waals surface area contributed by atoms with Gasteiger partial charge < -0.3 is 19.9 Å². The SMILES string of the molecule is COCC(C)OCCC1CCCC1(CO)NC(C)C. The van der Waals surface area contributed by atoms with Crippen LogP contribution in [-0.2, 0) is 9.47 Å². The van der Waals surface area contributed by atoms with Gasteiger partial charge in [-0.2, -0.15) is 0 Å². The van der Waals surface area contributed by atoms with Crippen molar-refractivity contribution in [2.24, 2.45) is 5.92 Å². The zero-order chi connectivity index (χ0) is 14.3. The van der Waals surface area contributed by atoms with Gasteiger partial charge in [0, 0.05) is 25.3 Å². The summed E-state index contributed by atoms with van der Waals surface area (Å²) in [5.74, 6) is 0.509. The predicted molar refractivity (Wildman–Crippen MR) is 77.3 cm³/mol. The van der Waals surface area contributed by atoms with Crippen LogP contribution in [0.2, 0.25) is 0 Å². The molecule has 19 heavy (non-hydrogen) atoms. The quantitative estimate of drug-likeness (QED) is 0.674. The van der Waals surface area contributed by atoms with Gasteiger partial charge in [0.2, 0.25) is 0 Å². The summed E-state index contributed by atoms with van der Waals surface area (Å²) in [5, 5.41) is 13.4. The molecule has 0 saturated heterocycles. The van der Waals surface area contributed by atoms with E-state index >= 15 is 0 Å². The molecule has 0 radical (unpaired) electrons. The van der Waals surface area contributed by atoms with Crippen molar-refractivity contribution in [2.75, 3.05) is 26.9 Å². The van der Waals surface area contributed by atoms with Gasteiger partial charge in [-0.3, -0.25) is 0 Å². The molecule has 0 amide bonds. The van der Waals surface area contributed by atoms with Crippen molar-refractivity contribution in [3.63, 3.8) is 0 Å². The maximum absolute atomic E-state index is 9.81. The molecular formula is C15H31NO3. The number of hydrogen-bond acceptors (Lipinski definition) is 4. The van der Waals surface area contributed by atoms with Crippen molar-refractivity contribution in [3.8, 4) is 0 Å². The summed E-state index contributed by atoms with van der Waals surface area (Å²) in [4.78, 5) is 0. The molecule has 0 aromatic rings.